The number of halogens is 1. The zero-order chi connectivity index (χ0) is 12.3. The highest BCUT2D eigenvalue weighted by Crippen LogP contribution is 2.31. The molecule has 0 amide bonds. The highest BCUT2D eigenvalue weighted by molar-refractivity contribution is 6.32. The zero-order valence-electron chi connectivity index (χ0n) is 9.48. The SMILES string of the molecule is Cc1cc(OCc2ccccc2)c(Cl)cc1O. The van der Waals surface area contributed by atoms with E-state index in [4.69, 9.17) is 16.3 Å². The van der Waals surface area contributed by atoms with E-state index in [2.05, 4.69) is 0 Å². The molecule has 1 N–H and O–H groups in total. The lowest BCUT2D eigenvalue weighted by atomic mass is 10.2. The van der Waals surface area contributed by atoms with Crippen LogP contribution in [0, 0.1) is 6.92 Å². The van der Waals surface area contributed by atoms with Gasteiger partial charge in [-0.2, -0.15) is 0 Å². The van der Waals surface area contributed by atoms with Crippen LogP contribution in [0.3, 0.4) is 0 Å². The maximum absolute atomic E-state index is 9.47. The summed E-state index contributed by atoms with van der Waals surface area (Å²) in [7, 11) is 0. The standard InChI is InChI=1S/C14H13ClO2/c1-10-7-14(12(15)8-13(10)16)17-9-11-5-3-2-4-6-11/h2-8,16H,9H2,1H3. The fourth-order valence-electron chi connectivity index (χ4n) is 1.49. The molecule has 0 saturated carbocycles. The minimum absolute atomic E-state index is 0.182. The molecular formula is C14H13ClO2. The van der Waals surface area contributed by atoms with E-state index in [1.165, 1.54) is 6.07 Å². The highest BCUT2D eigenvalue weighted by atomic mass is 35.5. The Hall–Kier alpha value is -1.67. The van der Waals surface area contributed by atoms with Gasteiger partial charge in [0.25, 0.3) is 0 Å². The van der Waals surface area contributed by atoms with Crippen LogP contribution in [0.2, 0.25) is 5.02 Å². The van der Waals surface area contributed by atoms with E-state index in [1.807, 2.05) is 30.3 Å². The molecule has 0 atom stereocenters. The number of benzene rings is 2. The lowest BCUT2D eigenvalue weighted by Gasteiger charge is -2.09. The first kappa shape index (κ1) is 11.8. The second kappa shape index (κ2) is 5.11. The molecule has 2 aromatic rings. The van der Waals surface area contributed by atoms with Crippen molar-refractivity contribution in [2.24, 2.45) is 0 Å². The van der Waals surface area contributed by atoms with Gasteiger partial charge in [0, 0.05) is 6.07 Å². The van der Waals surface area contributed by atoms with Gasteiger partial charge < -0.3 is 9.84 Å². The molecule has 0 unspecified atom stereocenters. The van der Waals surface area contributed by atoms with Crippen molar-refractivity contribution in [3.05, 3.63) is 58.6 Å². The van der Waals surface area contributed by atoms with Crippen LogP contribution in [0.1, 0.15) is 11.1 Å². The Bertz CT molecular complexity index is 509. The molecule has 0 spiro atoms. The Labute approximate surface area is 105 Å². The first-order chi connectivity index (χ1) is 8.16. The first-order valence-corrected chi connectivity index (χ1v) is 5.70. The summed E-state index contributed by atoms with van der Waals surface area (Å²) in [5.41, 5.74) is 1.83. The van der Waals surface area contributed by atoms with Gasteiger partial charge in [0.2, 0.25) is 0 Å². The van der Waals surface area contributed by atoms with Crippen LogP contribution in [-0.4, -0.2) is 5.11 Å². The quantitative estimate of drug-likeness (QED) is 0.892. The summed E-state index contributed by atoms with van der Waals surface area (Å²) in [5.74, 6) is 0.771. The molecule has 3 heteroatoms. The van der Waals surface area contributed by atoms with Crippen LogP contribution in [0.25, 0.3) is 0 Å². The van der Waals surface area contributed by atoms with E-state index < -0.39 is 0 Å². The third kappa shape index (κ3) is 2.92. The Morgan fingerprint density at radius 1 is 1.18 bits per heavy atom. The number of phenols is 1. The number of hydrogen-bond donors (Lipinski definition) is 1. The fraction of sp³-hybridized carbons (Fsp3) is 0.143. The van der Waals surface area contributed by atoms with Crippen LogP contribution in [0.15, 0.2) is 42.5 Å². The molecule has 0 aliphatic rings. The van der Waals surface area contributed by atoms with Gasteiger partial charge in [-0.05, 0) is 24.1 Å². The van der Waals surface area contributed by atoms with Crippen LogP contribution < -0.4 is 4.74 Å². The Morgan fingerprint density at radius 2 is 1.88 bits per heavy atom. The van der Waals surface area contributed by atoms with E-state index in [-0.39, 0.29) is 5.75 Å². The summed E-state index contributed by atoms with van der Waals surface area (Å²) >= 11 is 5.98. The van der Waals surface area contributed by atoms with Gasteiger partial charge in [0.1, 0.15) is 18.1 Å². The van der Waals surface area contributed by atoms with E-state index in [0.29, 0.717) is 17.4 Å². The molecule has 0 fully saturated rings. The van der Waals surface area contributed by atoms with Crippen molar-refractivity contribution in [2.75, 3.05) is 0 Å². The van der Waals surface area contributed by atoms with Crippen LogP contribution in [0.4, 0.5) is 0 Å². The summed E-state index contributed by atoms with van der Waals surface area (Å²) in [6.07, 6.45) is 0. The maximum atomic E-state index is 9.47. The van der Waals surface area contributed by atoms with Crippen molar-refractivity contribution in [1.29, 1.82) is 0 Å². The number of aromatic hydroxyl groups is 1. The second-order valence-corrected chi connectivity index (χ2v) is 4.25. The fourth-order valence-corrected chi connectivity index (χ4v) is 1.70. The molecule has 0 aliphatic heterocycles. The molecular weight excluding hydrogens is 236 g/mol. The minimum Gasteiger partial charge on any atom is -0.508 e. The average molecular weight is 249 g/mol. The Morgan fingerprint density at radius 3 is 2.59 bits per heavy atom. The highest BCUT2D eigenvalue weighted by Gasteiger charge is 2.06. The predicted octanol–water partition coefficient (Wildman–Crippen LogP) is 3.93. The van der Waals surface area contributed by atoms with Gasteiger partial charge >= 0.3 is 0 Å². The van der Waals surface area contributed by atoms with E-state index in [9.17, 15) is 5.11 Å². The number of hydrogen-bond acceptors (Lipinski definition) is 2. The van der Waals surface area contributed by atoms with Crippen molar-refractivity contribution in [3.63, 3.8) is 0 Å². The Balaban J connectivity index is 2.12. The van der Waals surface area contributed by atoms with E-state index in [0.717, 1.165) is 11.1 Å². The zero-order valence-corrected chi connectivity index (χ0v) is 10.2. The number of rotatable bonds is 3. The summed E-state index contributed by atoms with van der Waals surface area (Å²) < 4.78 is 5.62. The summed E-state index contributed by atoms with van der Waals surface area (Å²) in [5, 5.41) is 9.89. The van der Waals surface area contributed by atoms with Crippen molar-refractivity contribution in [1.82, 2.24) is 0 Å². The smallest absolute Gasteiger partial charge is 0.138 e. The monoisotopic (exact) mass is 248 g/mol. The minimum atomic E-state index is 0.182. The van der Waals surface area contributed by atoms with Gasteiger partial charge in [-0.1, -0.05) is 41.9 Å². The van der Waals surface area contributed by atoms with Gasteiger partial charge in [-0.15, -0.1) is 0 Å². The molecule has 0 bridgehead atoms. The lowest BCUT2D eigenvalue weighted by Crippen LogP contribution is -1.96. The molecule has 0 radical (unpaired) electrons. The van der Waals surface area contributed by atoms with E-state index in [1.54, 1.807) is 13.0 Å². The molecule has 2 nitrogen and oxygen atoms in total. The number of aryl methyl sites for hydroxylation is 1. The normalized spacial score (nSPS) is 10.2. The molecule has 0 saturated heterocycles. The molecule has 88 valence electrons. The van der Waals surface area contributed by atoms with E-state index >= 15 is 0 Å². The largest absolute Gasteiger partial charge is 0.508 e. The second-order valence-electron chi connectivity index (χ2n) is 3.84. The van der Waals surface area contributed by atoms with Crippen molar-refractivity contribution in [2.45, 2.75) is 13.5 Å². The average Bonchev–Trinajstić information content (AvgIpc) is 2.33. The van der Waals surface area contributed by atoms with Crippen molar-refractivity contribution < 1.29 is 9.84 Å². The van der Waals surface area contributed by atoms with Crippen LogP contribution in [-0.2, 0) is 6.61 Å². The number of ether oxygens (including phenoxy) is 1. The maximum Gasteiger partial charge on any atom is 0.138 e. The summed E-state index contributed by atoms with van der Waals surface area (Å²) in [6, 6.07) is 13.1. The molecule has 2 aromatic carbocycles. The topological polar surface area (TPSA) is 29.5 Å². The van der Waals surface area contributed by atoms with Gasteiger partial charge in [0.15, 0.2) is 0 Å². The lowest BCUT2D eigenvalue weighted by molar-refractivity contribution is 0.305. The molecule has 0 aliphatic carbocycles. The first-order valence-electron chi connectivity index (χ1n) is 5.32. The predicted molar refractivity (Wildman–Crippen MR) is 68.6 cm³/mol. The van der Waals surface area contributed by atoms with Gasteiger partial charge in [-0.25, -0.2) is 0 Å². The third-order valence-electron chi connectivity index (χ3n) is 2.49. The van der Waals surface area contributed by atoms with Crippen molar-refractivity contribution >= 4 is 11.6 Å². The molecule has 0 aromatic heterocycles. The summed E-state index contributed by atoms with van der Waals surface area (Å²) in [6.45, 7) is 2.27. The van der Waals surface area contributed by atoms with Crippen LogP contribution in [0.5, 0.6) is 11.5 Å². The third-order valence-corrected chi connectivity index (χ3v) is 2.78. The van der Waals surface area contributed by atoms with Gasteiger partial charge in [-0.3, -0.25) is 0 Å². The molecule has 2 rings (SSSR count). The summed E-state index contributed by atoms with van der Waals surface area (Å²) in [4.78, 5) is 0. The Kier molecular flexibility index (Phi) is 3.55. The van der Waals surface area contributed by atoms with Crippen LogP contribution >= 0.6 is 11.6 Å². The van der Waals surface area contributed by atoms with Gasteiger partial charge in [0.05, 0.1) is 5.02 Å². The molecule has 17 heavy (non-hydrogen) atoms. The van der Waals surface area contributed by atoms with Crippen molar-refractivity contribution in [3.8, 4) is 11.5 Å². The molecule has 0 heterocycles. The number of phenolic OH excluding ortho intramolecular Hbond substituents is 1.